The van der Waals surface area contributed by atoms with Gasteiger partial charge in [0, 0.05) is 24.5 Å². The van der Waals surface area contributed by atoms with Crippen molar-refractivity contribution in [1.29, 1.82) is 0 Å². The number of hydrogen-bond acceptors (Lipinski definition) is 6. The van der Waals surface area contributed by atoms with Crippen molar-refractivity contribution in [3.8, 4) is 0 Å². The van der Waals surface area contributed by atoms with Crippen LogP contribution in [0.4, 0.5) is 13.2 Å². The van der Waals surface area contributed by atoms with Crippen LogP contribution in [0.15, 0.2) is 9.59 Å². The van der Waals surface area contributed by atoms with Crippen molar-refractivity contribution in [3.63, 3.8) is 0 Å². The van der Waals surface area contributed by atoms with Crippen molar-refractivity contribution < 1.29 is 17.9 Å². The van der Waals surface area contributed by atoms with Crippen molar-refractivity contribution in [2.75, 3.05) is 19.7 Å². The third kappa shape index (κ3) is 4.02. The van der Waals surface area contributed by atoms with Crippen LogP contribution in [0, 0.1) is 6.92 Å². The summed E-state index contributed by atoms with van der Waals surface area (Å²) in [5, 5.41) is 3.53. The molecular formula is C17H23F3N4O3S. The van der Waals surface area contributed by atoms with E-state index in [0.29, 0.717) is 42.7 Å². The molecule has 28 heavy (non-hydrogen) atoms. The number of hydrogen-bond donors (Lipinski definition) is 2. The van der Waals surface area contributed by atoms with E-state index in [1.807, 2.05) is 6.92 Å². The molecule has 1 fully saturated rings. The lowest BCUT2D eigenvalue weighted by atomic mass is 10.2. The fraction of sp³-hybridized carbons (Fsp3) is 0.647. The molecule has 11 heteroatoms. The first-order valence-corrected chi connectivity index (χ1v) is 9.80. The van der Waals surface area contributed by atoms with Gasteiger partial charge in [0.1, 0.15) is 4.83 Å². The number of thiophene rings is 1. The number of halogens is 3. The van der Waals surface area contributed by atoms with Gasteiger partial charge in [-0.15, -0.1) is 24.5 Å². The first-order valence-electron chi connectivity index (χ1n) is 8.99. The molecule has 0 saturated heterocycles. The molecule has 0 bridgehead atoms. The Labute approximate surface area is 162 Å². The standard InChI is InChI=1S/C17H23F3N4O3S/c1-10-11(9-22-6-5-21)28-14-12(10)13(25)24(16(2)3-4-16)15(26)23(14)7-8-27-17(18,19)20/h22H,3-9,21H2,1-2H3. The number of nitrogens with one attached hydrogen (secondary N) is 1. The molecule has 0 radical (unpaired) electrons. The molecule has 2 aromatic rings. The Hall–Kier alpha value is -1.69. The minimum Gasteiger partial charge on any atom is -0.329 e. The predicted octanol–water partition coefficient (Wildman–Crippen LogP) is 1.63. The highest BCUT2D eigenvalue weighted by Crippen LogP contribution is 2.41. The Balaban J connectivity index is 2.11. The number of fused-ring (bicyclic) bond motifs is 1. The van der Waals surface area contributed by atoms with Crippen molar-refractivity contribution >= 4 is 21.6 Å². The Bertz CT molecular complexity index is 989. The summed E-state index contributed by atoms with van der Waals surface area (Å²) in [5.74, 6) is 0. The Morgan fingerprint density at radius 1 is 1.32 bits per heavy atom. The van der Waals surface area contributed by atoms with Gasteiger partial charge in [-0.25, -0.2) is 4.79 Å². The molecule has 0 aromatic carbocycles. The predicted molar refractivity (Wildman–Crippen MR) is 101 cm³/mol. The molecule has 2 heterocycles. The molecule has 7 nitrogen and oxygen atoms in total. The summed E-state index contributed by atoms with van der Waals surface area (Å²) in [7, 11) is 0. The van der Waals surface area contributed by atoms with E-state index < -0.39 is 24.2 Å². The molecule has 1 aliphatic carbocycles. The lowest BCUT2D eigenvalue weighted by Gasteiger charge is -2.17. The second kappa shape index (κ2) is 7.62. The van der Waals surface area contributed by atoms with Gasteiger partial charge in [-0.05, 0) is 32.3 Å². The van der Waals surface area contributed by atoms with Gasteiger partial charge >= 0.3 is 12.1 Å². The number of nitrogens with zero attached hydrogens (tertiary/aromatic N) is 2. The number of rotatable bonds is 8. The van der Waals surface area contributed by atoms with Crippen LogP contribution < -0.4 is 22.3 Å². The fourth-order valence-corrected chi connectivity index (χ4v) is 4.48. The molecule has 0 aliphatic heterocycles. The smallest absolute Gasteiger partial charge is 0.329 e. The Morgan fingerprint density at radius 3 is 2.57 bits per heavy atom. The van der Waals surface area contributed by atoms with Gasteiger partial charge in [-0.3, -0.25) is 18.7 Å². The van der Waals surface area contributed by atoms with Crippen LogP contribution in [-0.2, 0) is 23.4 Å². The molecule has 1 aliphatic rings. The summed E-state index contributed by atoms with van der Waals surface area (Å²) in [5.41, 5.74) is 4.65. The minimum absolute atomic E-state index is 0.291. The van der Waals surface area contributed by atoms with Crippen molar-refractivity contribution in [2.24, 2.45) is 5.73 Å². The van der Waals surface area contributed by atoms with Gasteiger partial charge < -0.3 is 11.1 Å². The average Bonchev–Trinajstić information content (AvgIpc) is 3.24. The third-order valence-corrected chi connectivity index (χ3v) is 6.33. The Morgan fingerprint density at radius 2 is 2.00 bits per heavy atom. The first-order chi connectivity index (χ1) is 13.1. The number of alkyl halides is 3. The molecule has 156 valence electrons. The van der Waals surface area contributed by atoms with E-state index in [1.165, 1.54) is 20.5 Å². The van der Waals surface area contributed by atoms with E-state index in [1.54, 1.807) is 6.92 Å². The van der Waals surface area contributed by atoms with E-state index in [9.17, 15) is 22.8 Å². The molecular weight excluding hydrogens is 397 g/mol. The van der Waals surface area contributed by atoms with E-state index in [4.69, 9.17) is 5.73 Å². The molecule has 2 aromatic heterocycles. The fourth-order valence-electron chi connectivity index (χ4n) is 3.20. The Kier molecular flexibility index (Phi) is 5.72. The van der Waals surface area contributed by atoms with Crippen molar-refractivity contribution in [3.05, 3.63) is 31.3 Å². The zero-order chi connectivity index (χ0) is 20.7. The summed E-state index contributed by atoms with van der Waals surface area (Å²) >= 11 is 1.24. The first kappa shape index (κ1) is 21.0. The third-order valence-electron chi connectivity index (χ3n) is 5.01. The highest BCUT2D eigenvalue weighted by molar-refractivity contribution is 7.18. The maximum atomic E-state index is 13.1. The second-order valence-corrected chi connectivity index (χ2v) is 8.25. The number of aryl methyl sites for hydroxylation is 1. The maximum absolute atomic E-state index is 13.1. The monoisotopic (exact) mass is 420 g/mol. The zero-order valence-corrected chi connectivity index (χ0v) is 16.5. The number of nitrogens with two attached hydrogens (primary N) is 1. The van der Waals surface area contributed by atoms with Gasteiger partial charge in [0.05, 0.1) is 24.1 Å². The molecule has 0 amide bonds. The average molecular weight is 420 g/mol. The summed E-state index contributed by atoms with van der Waals surface area (Å²) in [6, 6.07) is 0. The molecule has 0 spiro atoms. The minimum atomic E-state index is -4.78. The topological polar surface area (TPSA) is 91.3 Å². The SMILES string of the molecule is Cc1c(CNCCN)sc2c1c(=O)n(C1(C)CC1)c(=O)n2CCOC(F)(F)F. The summed E-state index contributed by atoms with van der Waals surface area (Å²) < 4.78 is 43.4. The van der Waals surface area contributed by atoms with Crippen LogP contribution in [0.25, 0.3) is 10.2 Å². The van der Waals surface area contributed by atoms with Crippen molar-refractivity contribution in [2.45, 2.75) is 51.7 Å². The molecule has 3 rings (SSSR count). The van der Waals surface area contributed by atoms with Crippen LogP contribution in [0.2, 0.25) is 0 Å². The van der Waals surface area contributed by atoms with Gasteiger partial charge in [-0.2, -0.15) is 0 Å². The normalized spacial score (nSPS) is 16.1. The van der Waals surface area contributed by atoms with Gasteiger partial charge in [0.25, 0.3) is 5.56 Å². The number of aromatic nitrogens is 2. The molecule has 3 N–H and O–H groups in total. The van der Waals surface area contributed by atoms with E-state index in [0.717, 1.165) is 10.4 Å². The number of ether oxygens (including phenoxy) is 1. The van der Waals surface area contributed by atoms with Crippen LogP contribution in [0.3, 0.4) is 0 Å². The van der Waals surface area contributed by atoms with Crippen LogP contribution >= 0.6 is 11.3 Å². The lowest BCUT2D eigenvalue weighted by molar-refractivity contribution is -0.325. The van der Waals surface area contributed by atoms with Crippen LogP contribution in [-0.4, -0.2) is 35.2 Å². The second-order valence-electron chi connectivity index (χ2n) is 7.16. The summed E-state index contributed by atoms with van der Waals surface area (Å²) in [6.07, 6.45) is -3.41. The van der Waals surface area contributed by atoms with Gasteiger partial charge in [0.2, 0.25) is 0 Å². The largest absolute Gasteiger partial charge is 0.522 e. The summed E-state index contributed by atoms with van der Waals surface area (Å²) in [4.78, 5) is 27.3. The van der Waals surface area contributed by atoms with Crippen molar-refractivity contribution in [1.82, 2.24) is 14.5 Å². The van der Waals surface area contributed by atoms with E-state index in [2.05, 4.69) is 10.1 Å². The quantitative estimate of drug-likeness (QED) is 0.634. The van der Waals surface area contributed by atoms with E-state index >= 15 is 0 Å². The van der Waals surface area contributed by atoms with Gasteiger partial charge in [0.15, 0.2) is 0 Å². The lowest BCUT2D eigenvalue weighted by Crippen LogP contribution is -2.45. The molecule has 1 saturated carbocycles. The molecule has 0 unspecified atom stereocenters. The van der Waals surface area contributed by atoms with Crippen LogP contribution in [0.5, 0.6) is 0 Å². The van der Waals surface area contributed by atoms with Crippen LogP contribution in [0.1, 0.15) is 30.2 Å². The van der Waals surface area contributed by atoms with E-state index in [-0.39, 0.29) is 12.1 Å². The molecule has 0 atom stereocenters. The highest BCUT2D eigenvalue weighted by atomic mass is 32.1. The van der Waals surface area contributed by atoms with Gasteiger partial charge in [-0.1, -0.05) is 0 Å². The zero-order valence-electron chi connectivity index (χ0n) is 15.7. The maximum Gasteiger partial charge on any atom is 0.522 e. The summed E-state index contributed by atoms with van der Waals surface area (Å²) in [6.45, 7) is 4.11. The highest BCUT2D eigenvalue weighted by Gasteiger charge is 2.43.